The van der Waals surface area contributed by atoms with E-state index in [1.807, 2.05) is 18.2 Å². The van der Waals surface area contributed by atoms with Gasteiger partial charge in [0.15, 0.2) is 0 Å². The quantitative estimate of drug-likeness (QED) is 0.913. The van der Waals surface area contributed by atoms with E-state index < -0.39 is 0 Å². The summed E-state index contributed by atoms with van der Waals surface area (Å²) in [5.41, 5.74) is 1.00. The second kappa shape index (κ2) is 7.01. The van der Waals surface area contributed by atoms with Crippen molar-refractivity contribution >= 4 is 16.7 Å². The number of piperidine rings is 1. The molecule has 1 saturated heterocycles. The number of hydrogen-bond donors (Lipinski definition) is 2. The Morgan fingerprint density at radius 2 is 2.13 bits per heavy atom. The minimum Gasteiger partial charge on any atom is -0.508 e. The van der Waals surface area contributed by atoms with Gasteiger partial charge in [-0.05, 0) is 42.1 Å². The first-order valence-electron chi connectivity index (χ1n) is 8.30. The van der Waals surface area contributed by atoms with Crippen LogP contribution in [0.15, 0.2) is 36.4 Å². The van der Waals surface area contributed by atoms with Gasteiger partial charge in [-0.15, -0.1) is 0 Å². The molecule has 2 aromatic carbocycles. The predicted octanol–water partition coefficient (Wildman–Crippen LogP) is 2.89. The normalized spacial score (nSPS) is 18.9. The first-order valence-corrected chi connectivity index (χ1v) is 8.30. The van der Waals surface area contributed by atoms with Gasteiger partial charge in [-0.25, -0.2) is 0 Å². The van der Waals surface area contributed by atoms with Crippen LogP contribution in [0.1, 0.15) is 25.3 Å². The fourth-order valence-electron chi connectivity index (χ4n) is 3.46. The first kappa shape index (κ1) is 15.8. The van der Waals surface area contributed by atoms with Crippen molar-refractivity contribution in [1.82, 2.24) is 10.2 Å². The largest absolute Gasteiger partial charge is 0.508 e. The van der Waals surface area contributed by atoms with Gasteiger partial charge in [0.25, 0.3) is 0 Å². The van der Waals surface area contributed by atoms with E-state index in [2.05, 4.69) is 22.3 Å². The molecular weight excluding hydrogens is 288 g/mol. The summed E-state index contributed by atoms with van der Waals surface area (Å²) in [6.07, 6.45) is 2.29. The molecular formula is C19H24N2O2. The molecule has 3 rings (SSSR count). The zero-order chi connectivity index (χ0) is 16.2. The van der Waals surface area contributed by atoms with E-state index in [-0.39, 0.29) is 5.91 Å². The van der Waals surface area contributed by atoms with Gasteiger partial charge in [0.1, 0.15) is 5.75 Å². The zero-order valence-corrected chi connectivity index (χ0v) is 13.6. The summed E-state index contributed by atoms with van der Waals surface area (Å²) in [4.78, 5) is 13.5. The smallest absolute Gasteiger partial charge is 0.216 e. The molecule has 1 heterocycles. The lowest BCUT2D eigenvalue weighted by Gasteiger charge is -2.33. The molecule has 2 N–H and O–H groups in total. The molecule has 0 radical (unpaired) electrons. The van der Waals surface area contributed by atoms with E-state index in [1.165, 1.54) is 0 Å². The monoisotopic (exact) mass is 312 g/mol. The third-order valence-electron chi connectivity index (χ3n) is 4.64. The van der Waals surface area contributed by atoms with Crippen LogP contribution in [0.3, 0.4) is 0 Å². The Labute approximate surface area is 137 Å². The Bertz CT molecular complexity index is 699. The lowest BCUT2D eigenvalue weighted by atomic mass is 9.96. The highest BCUT2D eigenvalue weighted by molar-refractivity contribution is 5.87. The van der Waals surface area contributed by atoms with Crippen LogP contribution in [0, 0.1) is 5.92 Å². The minimum absolute atomic E-state index is 0.0359. The highest BCUT2D eigenvalue weighted by atomic mass is 16.3. The topological polar surface area (TPSA) is 52.6 Å². The molecule has 1 amide bonds. The Morgan fingerprint density at radius 3 is 2.96 bits per heavy atom. The van der Waals surface area contributed by atoms with E-state index >= 15 is 0 Å². The van der Waals surface area contributed by atoms with Gasteiger partial charge in [-0.2, -0.15) is 0 Å². The SMILES string of the molecule is CC(=O)NCC1CCCN(Cc2c(O)ccc3ccccc23)C1. The molecule has 1 aliphatic rings. The van der Waals surface area contributed by atoms with Crippen molar-refractivity contribution < 1.29 is 9.90 Å². The van der Waals surface area contributed by atoms with E-state index in [4.69, 9.17) is 0 Å². The number of amides is 1. The molecule has 0 spiro atoms. The second-order valence-corrected chi connectivity index (χ2v) is 6.46. The van der Waals surface area contributed by atoms with Crippen LogP contribution in [-0.4, -0.2) is 35.5 Å². The molecule has 1 fully saturated rings. The predicted molar refractivity (Wildman–Crippen MR) is 92.3 cm³/mol. The number of benzene rings is 2. The number of hydrogen-bond acceptors (Lipinski definition) is 3. The Hall–Kier alpha value is -2.07. The standard InChI is InChI=1S/C19H24N2O2/c1-14(22)20-11-15-5-4-10-21(12-15)13-18-17-7-3-2-6-16(17)8-9-19(18)23/h2-3,6-9,15,23H,4-5,10-13H2,1H3,(H,20,22). The molecule has 0 aromatic heterocycles. The number of carbonyl (C=O) groups excluding carboxylic acids is 1. The van der Waals surface area contributed by atoms with Crippen molar-refractivity contribution in [2.24, 2.45) is 5.92 Å². The van der Waals surface area contributed by atoms with Crippen LogP contribution in [0.2, 0.25) is 0 Å². The maximum Gasteiger partial charge on any atom is 0.216 e. The summed E-state index contributed by atoms with van der Waals surface area (Å²) in [6, 6.07) is 11.9. The highest BCUT2D eigenvalue weighted by Gasteiger charge is 2.21. The lowest BCUT2D eigenvalue weighted by molar-refractivity contribution is -0.119. The van der Waals surface area contributed by atoms with Gasteiger partial charge >= 0.3 is 0 Å². The number of phenols is 1. The molecule has 0 aliphatic carbocycles. The summed E-state index contributed by atoms with van der Waals surface area (Å²) in [5, 5.41) is 15.5. The number of aromatic hydroxyl groups is 1. The first-order chi connectivity index (χ1) is 11.1. The molecule has 23 heavy (non-hydrogen) atoms. The van der Waals surface area contributed by atoms with E-state index in [9.17, 15) is 9.90 Å². The average Bonchev–Trinajstić information content (AvgIpc) is 2.56. The molecule has 1 aliphatic heterocycles. The van der Waals surface area contributed by atoms with Gasteiger partial charge in [0, 0.05) is 32.1 Å². The number of nitrogens with one attached hydrogen (secondary N) is 1. The summed E-state index contributed by atoms with van der Waals surface area (Å²) in [5.74, 6) is 0.895. The van der Waals surface area contributed by atoms with Crippen LogP contribution in [0.5, 0.6) is 5.75 Å². The van der Waals surface area contributed by atoms with Gasteiger partial charge < -0.3 is 10.4 Å². The van der Waals surface area contributed by atoms with Crippen LogP contribution in [0.25, 0.3) is 10.8 Å². The summed E-state index contributed by atoms with van der Waals surface area (Å²) in [7, 11) is 0. The van der Waals surface area contributed by atoms with Crippen LogP contribution >= 0.6 is 0 Å². The molecule has 2 aromatic rings. The van der Waals surface area contributed by atoms with Gasteiger partial charge in [0.05, 0.1) is 0 Å². The average molecular weight is 312 g/mol. The van der Waals surface area contributed by atoms with Crippen molar-refractivity contribution in [1.29, 1.82) is 0 Å². The van der Waals surface area contributed by atoms with Crippen molar-refractivity contribution in [3.63, 3.8) is 0 Å². The minimum atomic E-state index is 0.0359. The fraction of sp³-hybridized carbons (Fsp3) is 0.421. The number of rotatable bonds is 4. The second-order valence-electron chi connectivity index (χ2n) is 6.46. The number of nitrogens with zero attached hydrogens (tertiary/aromatic N) is 1. The summed E-state index contributed by atoms with van der Waals surface area (Å²) < 4.78 is 0. The number of likely N-dealkylation sites (tertiary alicyclic amines) is 1. The van der Waals surface area contributed by atoms with Gasteiger partial charge in [-0.3, -0.25) is 9.69 Å². The van der Waals surface area contributed by atoms with Crippen LogP contribution in [0.4, 0.5) is 0 Å². The van der Waals surface area contributed by atoms with Crippen molar-refractivity contribution in [3.8, 4) is 5.75 Å². The Balaban J connectivity index is 1.74. The zero-order valence-electron chi connectivity index (χ0n) is 13.6. The van der Waals surface area contributed by atoms with Crippen molar-refractivity contribution in [2.75, 3.05) is 19.6 Å². The maximum atomic E-state index is 11.1. The third-order valence-corrected chi connectivity index (χ3v) is 4.64. The summed E-state index contributed by atoms with van der Waals surface area (Å²) in [6.45, 7) is 5.06. The Morgan fingerprint density at radius 1 is 1.30 bits per heavy atom. The summed E-state index contributed by atoms with van der Waals surface area (Å²) >= 11 is 0. The molecule has 1 atom stereocenters. The van der Waals surface area contributed by atoms with Crippen molar-refractivity contribution in [3.05, 3.63) is 42.0 Å². The number of phenolic OH excluding ortho intramolecular Hbond substituents is 1. The van der Waals surface area contributed by atoms with E-state index in [1.54, 1.807) is 13.0 Å². The maximum absolute atomic E-state index is 11.1. The molecule has 122 valence electrons. The number of carbonyl (C=O) groups is 1. The highest BCUT2D eigenvalue weighted by Crippen LogP contribution is 2.29. The van der Waals surface area contributed by atoms with Gasteiger partial charge in [-0.1, -0.05) is 30.3 Å². The lowest BCUT2D eigenvalue weighted by Crippen LogP contribution is -2.40. The fourth-order valence-corrected chi connectivity index (χ4v) is 3.46. The molecule has 0 bridgehead atoms. The molecule has 4 nitrogen and oxygen atoms in total. The molecule has 4 heteroatoms. The molecule has 0 saturated carbocycles. The van der Waals surface area contributed by atoms with Gasteiger partial charge in [0.2, 0.25) is 5.91 Å². The van der Waals surface area contributed by atoms with E-state index in [0.29, 0.717) is 11.7 Å². The third kappa shape index (κ3) is 3.82. The van der Waals surface area contributed by atoms with Crippen LogP contribution < -0.4 is 5.32 Å². The van der Waals surface area contributed by atoms with Crippen molar-refractivity contribution in [2.45, 2.75) is 26.3 Å². The number of fused-ring (bicyclic) bond motifs is 1. The van der Waals surface area contributed by atoms with E-state index in [0.717, 1.165) is 55.4 Å². The molecule has 1 unspecified atom stereocenters. The van der Waals surface area contributed by atoms with Crippen LogP contribution in [-0.2, 0) is 11.3 Å². The Kier molecular flexibility index (Phi) is 4.82.